The molecular weight excluding hydrogens is 456 g/mol. The summed E-state index contributed by atoms with van der Waals surface area (Å²) in [5, 5.41) is 4.53. The summed E-state index contributed by atoms with van der Waals surface area (Å²) in [4.78, 5) is 47.7. The van der Waals surface area contributed by atoms with Crippen LogP contribution in [-0.2, 0) is 14.3 Å². The quantitative estimate of drug-likeness (QED) is 0.519. The summed E-state index contributed by atoms with van der Waals surface area (Å²) >= 11 is 1.46. The molecule has 0 spiro atoms. The Labute approximate surface area is 201 Å². The topological polar surface area (TPSA) is 122 Å². The summed E-state index contributed by atoms with van der Waals surface area (Å²) in [5.41, 5.74) is 7.05. The standard InChI is InChI=1S/C23H28N6O4S/c1-14(2)19(26-23(32)33-3)21(31)28-10-4-5-17(28)20(30)29(16-8-6-15(24)7-9-16)18-13-27-11-12-34-22(27)25-18/h6-9,11-14,17,19H,4-5,10,24H2,1-3H3,(H,26,32). The first-order valence-corrected chi connectivity index (χ1v) is 11.9. The first-order chi connectivity index (χ1) is 16.3. The van der Waals surface area contributed by atoms with E-state index in [0.29, 0.717) is 36.6 Å². The SMILES string of the molecule is COC(=O)NC(C(=O)N1CCCC1C(=O)N(c1ccc(N)cc1)c1cn2ccsc2n1)C(C)C. The Morgan fingerprint density at radius 3 is 2.65 bits per heavy atom. The van der Waals surface area contributed by atoms with E-state index in [2.05, 4.69) is 15.0 Å². The van der Waals surface area contributed by atoms with Gasteiger partial charge in [0, 0.05) is 23.8 Å². The third kappa shape index (κ3) is 4.56. The lowest BCUT2D eigenvalue weighted by molar-refractivity contribution is -0.139. The molecule has 4 rings (SSSR count). The first kappa shape index (κ1) is 23.6. The molecule has 3 aromatic rings. The second kappa shape index (κ2) is 9.72. The van der Waals surface area contributed by atoms with Gasteiger partial charge in [0.1, 0.15) is 12.1 Å². The number of carbonyl (C=O) groups is 3. The molecule has 34 heavy (non-hydrogen) atoms. The lowest BCUT2D eigenvalue weighted by Crippen LogP contribution is -2.55. The number of imidazole rings is 1. The summed E-state index contributed by atoms with van der Waals surface area (Å²) in [5.74, 6) is -0.286. The lowest BCUT2D eigenvalue weighted by atomic mass is 10.0. The molecule has 3 N–H and O–H groups in total. The van der Waals surface area contributed by atoms with Crippen LogP contribution >= 0.6 is 11.3 Å². The summed E-state index contributed by atoms with van der Waals surface area (Å²) in [7, 11) is 1.25. The largest absolute Gasteiger partial charge is 0.453 e. The molecule has 1 saturated heterocycles. The normalized spacial score (nSPS) is 16.6. The van der Waals surface area contributed by atoms with Gasteiger partial charge in [-0.25, -0.2) is 9.78 Å². The average molecular weight is 485 g/mol. The van der Waals surface area contributed by atoms with Crippen molar-refractivity contribution < 1.29 is 19.1 Å². The van der Waals surface area contributed by atoms with Crippen LogP contribution in [0.2, 0.25) is 0 Å². The number of hydrogen-bond donors (Lipinski definition) is 2. The molecule has 1 aliphatic rings. The van der Waals surface area contributed by atoms with Gasteiger partial charge < -0.3 is 20.7 Å². The van der Waals surface area contributed by atoms with Crippen LogP contribution < -0.4 is 16.0 Å². The van der Waals surface area contributed by atoms with Crippen molar-refractivity contribution in [3.63, 3.8) is 0 Å². The molecule has 3 amide bonds. The number of nitrogens with zero attached hydrogens (tertiary/aromatic N) is 4. The van der Waals surface area contributed by atoms with E-state index >= 15 is 0 Å². The first-order valence-electron chi connectivity index (χ1n) is 11.1. The maximum atomic E-state index is 14.0. The molecule has 0 saturated carbocycles. The van der Waals surface area contributed by atoms with Crippen molar-refractivity contribution in [3.05, 3.63) is 42.0 Å². The van der Waals surface area contributed by atoms with Gasteiger partial charge in [-0.05, 0) is 43.0 Å². The smallest absolute Gasteiger partial charge is 0.407 e. The Morgan fingerprint density at radius 1 is 1.26 bits per heavy atom. The highest BCUT2D eigenvalue weighted by molar-refractivity contribution is 7.15. The molecule has 10 nitrogen and oxygen atoms in total. The highest BCUT2D eigenvalue weighted by atomic mass is 32.1. The summed E-state index contributed by atoms with van der Waals surface area (Å²) < 4.78 is 6.54. The fraction of sp³-hybridized carbons (Fsp3) is 0.391. The number of ether oxygens (including phenoxy) is 1. The van der Waals surface area contributed by atoms with Crippen LogP contribution in [0.15, 0.2) is 42.0 Å². The van der Waals surface area contributed by atoms with Crippen LogP contribution in [0.1, 0.15) is 26.7 Å². The predicted molar refractivity (Wildman–Crippen MR) is 130 cm³/mol. The molecule has 2 aromatic heterocycles. The summed E-state index contributed by atoms with van der Waals surface area (Å²) in [6.07, 6.45) is 4.17. The maximum absolute atomic E-state index is 14.0. The molecule has 0 aliphatic carbocycles. The molecule has 0 bridgehead atoms. The monoisotopic (exact) mass is 484 g/mol. The van der Waals surface area contributed by atoms with E-state index in [0.717, 1.165) is 4.96 Å². The van der Waals surface area contributed by atoms with Crippen molar-refractivity contribution in [1.29, 1.82) is 0 Å². The van der Waals surface area contributed by atoms with Crippen molar-refractivity contribution in [2.45, 2.75) is 38.8 Å². The Hall–Kier alpha value is -3.60. The maximum Gasteiger partial charge on any atom is 0.407 e. The molecule has 1 fully saturated rings. The molecule has 180 valence electrons. The number of benzene rings is 1. The minimum atomic E-state index is -0.802. The Kier molecular flexibility index (Phi) is 6.73. The van der Waals surface area contributed by atoms with Gasteiger partial charge in [-0.2, -0.15) is 0 Å². The number of fused-ring (bicyclic) bond motifs is 1. The summed E-state index contributed by atoms with van der Waals surface area (Å²) in [6.45, 7) is 4.10. The Bertz CT molecular complexity index is 1160. The van der Waals surface area contributed by atoms with Crippen LogP contribution in [-0.4, -0.2) is 57.9 Å². The number of amides is 3. The second-order valence-corrected chi connectivity index (χ2v) is 9.38. The average Bonchev–Trinajstić information content (AvgIpc) is 3.54. The second-order valence-electron chi connectivity index (χ2n) is 8.50. The molecule has 1 aliphatic heterocycles. The predicted octanol–water partition coefficient (Wildman–Crippen LogP) is 3.01. The minimum Gasteiger partial charge on any atom is -0.453 e. The lowest BCUT2D eigenvalue weighted by Gasteiger charge is -2.32. The molecule has 3 heterocycles. The molecule has 0 radical (unpaired) electrons. The molecule has 2 atom stereocenters. The van der Waals surface area contributed by atoms with E-state index in [1.165, 1.54) is 23.3 Å². The number of nitrogen functional groups attached to an aromatic ring is 1. The number of nitrogens with one attached hydrogen (secondary N) is 1. The number of aromatic nitrogens is 2. The highest BCUT2D eigenvalue weighted by Crippen LogP contribution is 2.31. The zero-order valence-electron chi connectivity index (χ0n) is 19.3. The number of thiazole rings is 1. The van der Waals surface area contributed by atoms with Crippen LogP contribution in [0.25, 0.3) is 4.96 Å². The number of hydrogen-bond acceptors (Lipinski definition) is 7. The zero-order valence-corrected chi connectivity index (χ0v) is 20.1. The third-order valence-corrected chi connectivity index (χ3v) is 6.66. The van der Waals surface area contributed by atoms with Gasteiger partial charge in [-0.1, -0.05) is 13.8 Å². The van der Waals surface area contributed by atoms with Crippen molar-refractivity contribution in [3.8, 4) is 0 Å². The van der Waals surface area contributed by atoms with E-state index in [9.17, 15) is 14.4 Å². The van der Waals surface area contributed by atoms with Crippen molar-refractivity contribution in [2.75, 3.05) is 24.3 Å². The van der Waals surface area contributed by atoms with Gasteiger partial charge in [0.25, 0.3) is 5.91 Å². The van der Waals surface area contributed by atoms with E-state index in [1.54, 1.807) is 35.4 Å². The van der Waals surface area contributed by atoms with Crippen molar-refractivity contribution in [1.82, 2.24) is 19.6 Å². The number of nitrogens with two attached hydrogens (primary N) is 1. The Morgan fingerprint density at radius 2 is 2.00 bits per heavy atom. The van der Waals surface area contributed by atoms with E-state index in [-0.39, 0.29) is 17.7 Å². The van der Waals surface area contributed by atoms with Crippen LogP contribution in [0.4, 0.5) is 22.0 Å². The van der Waals surface area contributed by atoms with E-state index in [4.69, 9.17) is 5.73 Å². The van der Waals surface area contributed by atoms with Gasteiger partial charge in [0.05, 0.1) is 19.0 Å². The number of methoxy groups -OCH3 is 1. The van der Waals surface area contributed by atoms with Gasteiger partial charge in [-0.3, -0.25) is 18.9 Å². The van der Waals surface area contributed by atoms with Crippen LogP contribution in [0.5, 0.6) is 0 Å². The summed E-state index contributed by atoms with van der Waals surface area (Å²) in [6, 6.07) is 5.48. The minimum absolute atomic E-state index is 0.184. The van der Waals surface area contributed by atoms with Gasteiger partial charge in [0.15, 0.2) is 10.8 Å². The fourth-order valence-corrected chi connectivity index (χ4v) is 4.83. The molecule has 2 unspecified atom stereocenters. The molecule has 11 heteroatoms. The van der Waals surface area contributed by atoms with E-state index < -0.39 is 18.2 Å². The van der Waals surface area contributed by atoms with Crippen molar-refractivity contribution >= 4 is 51.4 Å². The molecule has 1 aromatic carbocycles. The Balaban J connectivity index is 1.67. The van der Waals surface area contributed by atoms with E-state index in [1.807, 2.05) is 29.8 Å². The van der Waals surface area contributed by atoms with Gasteiger partial charge >= 0.3 is 6.09 Å². The number of alkyl carbamates (subject to hydrolysis) is 1. The molecular formula is C23H28N6O4S. The number of likely N-dealkylation sites (tertiary alicyclic amines) is 1. The number of rotatable bonds is 6. The van der Waals surface area contributed by atoms with Gasteiger partial charge in [0.2, 0.25) is 5.91 Å². The van der Waals surface area contributed by atoms with Crippen molar-refractivity contribution in [2.24, 2.45) is 5.92 Å². The zero-order chi connectivity index (χ0) is 24.4. The van der Waals surface area contributed by atoms with Gasteiger partial charge in [-0.15, -0.1) is 11.3 Å². The number of carbonyl (C=O) groups excluding carboxylic acids is 3. The van der Waals surface area contributed by atoms with Crippen LogP contribution in [0, 0.1) is 5.92 Å². The number of anilines is 3. The van der Waals surface area contributed by atoms with Crippen LogP contribution in [0.3, 0.4) is 0 Å². The highest BCUT2D eigenvalue weighted by Gasteiger charge is 2.41. The fourth-order valence-electron chi connectivity index (χ4n) is 4.13. The third-order valence-electron chi connectivity index (χ3n) is 5.89.